The summed E-state index contributed by atoms with van der Waals surface area (Å²) in [4.78, 5) is 17.9. The summed E-state index contributed by atoms with van der Waals surface area (Å²) in [6, 6.07) is 13.5. The minimum Gasteiger partial charge on any atom is -0.396 e. The van der Waals surface area contributed by atoms with Crippen LogP contribution in [-0.2, 0) is 13.0 Å². The molecule has 3 rings (SSSR count). The zero-order chi connectivity index (χ0) is 19.6. The Morgan fingerprint density at radius 3 is 2.44 bits per heavy atom. The van der Waals surface area contributed by atoms with Crippen LogP contribution in [0.5, 0.6) is 0 Å². The number of nitrogens with zero attached hydrogens (tertiary/aromatic N) is 2. The van der Waals surface area contributed by atoms with Gasteiger partial charge in [-0.05, 0) is 56.2 Å². The predicted molar refractivity (Wildman–Crippen MR) is 109 cm³/mol. The maximum Gasteiger partial charge on any atom is 0.257 e. The van der Waals surface area contributed by atoms with Crippen molar-refractivity contribution in [3.8, 4) is 11.4 Å². The summed E-state index contributed by atoms with van der Waals surface area (Å²) in [6.07, 6.45) is 0.297. The number of aromatic nitrogens is 2. The van der Waals surface area contributed by atoms with Crippen LogP contribution in [0.25, 0.3) is 11.4 Å². The summed E-state index contributed by atoms with van der Waals surface area (Å²) in [5, 5.41) is 9.99. The molecule has 0 unspecified atom stereocenters. The molecule has 1 N–H and O–H groups in total. The topological polar surface area (TPSA) is 55.1 Å². The van der Waals surface area contributed by atoms with Gasteiger partial charge in [-0.15, -0.1) is 0 Å². The number of benzene rings is 2. The first-order valence-electron chi connectivity index (χ1n) is 8.94. The first kappa shape index (κ1) is 19.3. The summed E-state index contributed by atoms with van der Waals surface area (Å²) >= 11 is 6.02. The molecular weight excluding hydrogens is 360 g/mol. The van der Waals surface area contributed by atoms with Crippen molar-refractivity contribution >= 4 is 11.6 Å². The molecule has 1 heterocycles. The van der Waals surface area contributed by atoms with Gasteiger partial charge in [-0.2, -0.15) is 0 Å². The van der Waals surface area contributed by atoms with E-state index in [0.717, 1.165) is 22.3 Å². The standard InChI is InChI=1S/C22H23ClN2O2/c1-14-4-5-15(2)18(12-14)13-25-21(17-6-8-19(23)9-7-17)24-16(3)20(10-11-26)22(25)27/h4-9,12,26H,10-11,13H2,1-3H3. The summed E-state index contributed by atoms with van der Waals surface area (Å²) in [7, 11) is 0. The zero-order valence-corrected chi connectivity index (χ0v) is 16.5. The van der Waals surface area contributed by atoms with Gasteiger partial charge in [-0.25, -0.2) is 4.98 Å². The average Bonchev–Trinajstić information content (AvgIpc) is 2.64. The largest absolute Gasteiger partial charge is 0.396 e. The van der Waals surface area contributed by atoms with E-state index < -0.39 is 0 Å². The third-order valence-corrected chi connectivity index (χ3v) is 5.02. The highest BCUT2D eigenvalue weighted by atomic mass is 35.5. The third kappa shape index (κ3) is 4.12. The molecule has 0 amide bonds. The van der Waals surface area contributed by atoms with Crippen LogP contribution >= 0.6 is 11.6 Å². The molecule has 3 aromatic rings. The van der Waals surface area contributed by atoms with Gasteiger partial charge in [0.25, 0.3) is 5.56 Å². The van der Waals surface area contributed by atoms with E-state index in [4.69, 9.17) is 16.6 Å². The maximum atomic E-state index is 13.2. The van der Waals surface area contributed by atoms with Crippen molar-refractivity contribution < 1.29 is 5.11 Å². The van der Waals surface area contributed by atoms with Crippen LogP contribution in [-0.4, -0.2) is 21.3 Å². The number of aliphatic hydroxyl groups excluding tert-OH is 1. The van der Waals surface area contributed by atoms with Crippen LogP contribution in [0.1, 0.15) is 27.9 Å². The molecule has 0 saturated carbocycles. The van der Waals surface area contributed by atoms with E-state index in [2.05, 4.69) is 18.2 Å². The first-order chi connectivity index (χ1) is 12.9. The Morgan fingerprint density at radius 1 is 1.07 bits per heavy atom. The van der Waals surface area contributed by atoms with E-state index in [-0.39, 0.29) is 12.2 Å². The minimum absolute atomic E-state index is 0.0818. The van der Waals surface area contributed by atoms with Gasteiger partial charge in [-0.1, -0.05) is 35.4 Å². The van der Waals surface area contributed by atoms with Gasteiger partial charge >= 0.3 is 0 Å². The Hall–Kier alpha value is -2.43. The van der Waals surface area contributed by atoms with Crippen LogP contribution in [0.2, 0.25) is 5.02 Å². The van der Waals surface area contributed by atoms with Crippen molar-refractivity contribution in [1.82, 2.24) is 9.55 Å². The lowest BCUT2D eigenvalue weighted by Crippen LogP contribution is -2.29. The quantitative estimate of drug-likeness (QED) is 0.723. The molecule has 140 valence electrons. The van der Waals surface area contributed by atoms with Gasteiger partial charge in [0.2, 0.25) is 0 Å². The number of aliphatic hydroxyl groups is 1. The Morgan fingerprint density at radius 2 is 1.78 bits per heavy atom. The van der Waals surface area contributed by atoms with Gasteiger partial charge in [0, 0.05) is 34.9 Å². The monoisotopic (exact) mass is 382 g/mol. The molecule has 0 fully saturated rings. The molecule has 5 heteroatoms. The number of aryl methyl sites for hydroxylation is 3. The second kappa shape index (κ2) is 8.07. The van der Waals surface area contributed by atoms with Gasteiger partial charge in [0.15, 0.2) is 0 Å². The van der Waals surface area contributed by atoms with E-state index in [1.54, 1.807) is 16.7 Å². The van der Waals surface area contributed by atoms with E-state index in [9.17, 15) is 9.90 Å². The van der Waals surface area contributed by atoms with Crippen molar-refractivity contribution in [3.05, 3.63) is 85.8 Å². The normalized spacial score (nSPS) is 11.0. The number of halogens is 1. The van der Waals surface area contributed by atoms with Gasteiger partial charge in [-0.3, -0.25) is 9.36 Å². The molecule has 0 saturated heterocycles. The summed E-state index contributed by atoms with van der Waals surface area (Å²) in [5.41, 5.74) is 5.28. The lowest BCUT2D eigenvalue weighted by atomic mass is 10.0. The fourth-order valence-corrected chi connectivity index (χ4v) is 3.33. The van der Waals surface area contributed by atoms with Gasteiger partial charge < -0.3 is 5.11 Å². The second-order valence-corrected chi connectivity index (χ2v) is 7.24. The van der Waals surface area contributed by atoms with Crippen molar-refractivity contribution in [3.63, 3.8) is 0 Å². The van der Waals surface area contributed by atoms with Gasteiger partial charge in [0.05, 0.1) is 6.54 Å². The van der Waals surface area contributed by atoms with E-state index >= 15 is 0 Å². The molecule has 0 aliphatic heterocycles. The summed E-state index contributed by atoms with van der Waals surface area (Å²) in [5.74, 6) is 0.608. The molecule has 0 spiro atoms. The van der Waals surface area contributed by atoms with Crippen molar-refractivity contribution in [2.45, 2.75) is 33.7 Å². The van der Waals surface area contributed by atoms with E-state index in [1.807, 2.05) is 32.9 Å². The van der Waals surface area contributed by atoms with Crippen LogP contribution in [0, 0.1) is 20.8 Å². The molecule has 0 bridgehead atoms. The molecule has 2 aromatic carbocycles. The van der Waals surface area contributed by atoms with Crippen LogP contribution in [0.4, 0.5) is 0 Å². The predicted octanol–water partition coefficient (Wildman–Crippen LogP) is 4.07. The summed E-state index contributed by atoms with van der Waals surface area (Å²) in [6.45, 7) is 6.24. The lowest BCUT2D eigenvalue weighted by molar-refractivity contribution is 0.298. The average molecular weight is 383 g/mol. The lowest BCUT2D eigenvalue weighted by Gasteiger charge is -2.17. The molecule has 1 aromatic heterocycles. The number of rotatable bonds is 5. The Bertz CT molecular complexity index is 1020. The molecule has 0 radical (unpaired) electrons. The van der Waals surface area contributed by atoms with E-state index in [0.29, 0.717) is 35.1 Å². The molecule has 0 atom stereocenters. The smallest absolute Gasteiger partial charge is 0.257 e. The summed E-state index contributed by atoms with van der Waals surface area (Å²) < 4.78 is 1.70. The molecular formula is C22H23ClN2O2. The third-order valence-electron chi connectivity index (χ3n) is 4.77. The highest BCUT2D eigenvalue weighted by Crippen LogP contribution is 2.22. The molecule has 4 nitrogen and oxygen atoms in total. The van der Waals surface area contributed by atoms with Crippen molar-refractivity contribution in [1.29, 1.82) is 0 Å². The Kier molecular flexibility index (Phi) is 5.78. The first-order valence-corrected chi connectivity index (χ1v) is 9.31. The fraction of sp³-hybridized carbons (Fsp3) is 0.273. The second-order valence-electron chi connectivity index (χ2n) is 6.80. The highest BCUT2D eigenvalue weighted by molar-refractivity contribution is 6.30. The fourth-order valence-electron chi connectivity index (χ4n) is 3.21. The Labute approximate surface area is 164 Å². The van der Waals surface area contributed by atoms with Crippen LogP contribution in [0.15, 0.2) is 47.3 Å². The SMILES string of the molecule is Cc1ccc(C)c(Cn2c(-c3ccc(Cl)cc3)nc(C)c(CCO)c2=O)c1. The van der Waals surface area contributed by atoms with Crippen molar-refractivity contribution in [2.75, 3.05) is 6.61 Å². The Balaban J connectivity index is 2.22. The van der Waals surface area contributed by atoms with E-state index in [1.165, 1.54) is 0 Å². The maximum absolute atomic E-state index is 13.2. The van der Waals surface area contributed by atoms with Crippen LogP contribution in [0.3, 0.4) is 0 Å². The minimum atomic E-state index is -0.109. The number of hydrogen-bond acceptors (Lipinski definition) is 3. The molecule has 0 aliphatic carbocycles. The number of hydrogen-bond donors (Lipinski definition) is 1. The van der Waals surface area contributed by atoms with Crippen LogP contribution < -0.4 is 5.56 Å². The highest BCUT2D eigenvalue weighted by Gasteiger charge is 2.16. The van der Waals surface area contributed by atoms with Gasteiger partial charge in [0.1, 0.15) is 5.82 Å². The zero-order valence-electron chi connectivity index (χ0n) is 15.8. The molecule has 0 aliphatic rings. The van der Waals surface area contributed by atoms with Crippen molar-refractivity contribution in [2.24, 2.45) is 0 Å². The molecule has 27 heavy (non-hydrogen) atoms.